The van der Waals surface area contributed by atoms with Crippen LogP contribution in [0.5, 0.6) is 0 Å². The highest BCUT2D eigenvalue weighted by atomic mass is 16.5. The van der Waals surface area contributed by atoms with Gasteiger partial charge in [0.05, 0.1) is 19.3 Å². The molecule has 0 bridgehead atoms. The first-order chi connectivity index (χ1) is 42.7. The van der Waals surface area contributed by atoms with Crippen LogP contribution in [0.3, 0.4) is 0 Å². The molecule has 10 amide bonds. The highest BCUT2D eigenvalue weighted by Gasteiger charge is 2.41. The molecule has 16 atom stereocenters. The van der Waals surface area contributed by atoms with Crippen LogP contribution in [0, 0.1) is 23.7 Å². The molecule has 1 fully saturated rings. The van der Waals surface area contributed by atoms with Crippen molar-refractivity contribution in [3.05, 3.63) is 60.2 Å². The number of aliphatic hydroxyl groups is 2. The number of esters is 1. The Balaban J connectivity index is 1.80. The predicted octanol–water partition coefficient (Wildman–Crippen LogP) is -0.927. The molecule has 27 heteroatoms. The number of nitrogens with one attached hydrogen (secondary N) is 10. The van der Waals surface area contributed by atoms with E-state index in [2.05, 4.69) is 53.2 Å². The first-order valence-corrected chi connectivity index (χ1v) is 31.5. The molecule has 18 N–H and O–H groups in total. The third-order valence-electron chi connectivity index (χ3n) is 16.6. The second-order valence-corrected chi connectivity index (χ2v) is 23.5. The third kappa shape index (κ3) is 23.3. The molecule has 0 aliphatic carbocycles. The van der Waals surface area contributed by atoms with E-state index in [1.165, 1.54) is 13.8 Å². The lowest BCUT2D eigenvalue weighted by Crippen LogP contribution is -2.63. The summed E-state index contributed by atoms with van der Waals surface area (Å²) in [7, 11) is 0. The topological polar surface area (TPSA) is 436 Å². The van der Waals surface area contributed by atoms with E-state index >= 15 is 0 Å². The van der Waals surface area contributed by atoms with Gasteiger partial charge in [0.2, 0.25) is 59.1 Å². The van der Waals surface area contributed by atoms with Gasteiger partial charge >= 0.3 is 5.97 Å². The summed E-state index contributed by atoms with van der Waals surface area (Å²) < 4.78 is 5.72. The molecule has 2 aromatic carbocycles. The maximum atomic E-state index is 14.4. The second kappa shape index (κ2) is 38.8. The minimum absolute atomic E-state index is 0.0543. The van der Waals surface area contributed by atoms with Crippen LogP contribution in [0.2, 0.25) is 0 Å². The maximum Gasteiger partial charge on any atom is 0.329 e. The van der Waals surface area contributed by atoms with Crippen LogP contribution in [-0.2, 0) is 63.9 Å². The zero-order valence-electron chi connectivity index (χ0n) is 53.9. The summed E-state index contributed by atoms with van der Waals surface area (Å²) in [4.78, 5) is 153. The lowest BCUT2D eigenvalue weighted by molar-refractivity contribution is -0.157. The maximum absolute atomic E-state index is 14.4. The first kappa shape index (κ1) is 76.7. The van der Waals surface area contributed by atoms with E-state index < -0.39 is 174 Å². The van der Waals surface area contributed by atoms with Gasteiger partial charge in [0.1, 0.15) is 66.5 Å². The van der Waals surface area contributed by atoms with Gasteiger partial charge in [-0.25, -0.2) is 4.79 Å². The monoisotopic (exact) mass is 1260 g/mol. The number of aliphatic hydroxyl groups excluding tert-OH is 2. The van der Waals surface area contributed by atoms with Gasteiger partial charge in [-0.1, -0.05) is 136 Å². The number of benzene rings is 2. The van der Waals surface area contributed by atoms with Crippen molar-refractivity contribution in [1.29, 1.82) is 0 Å². The lowest BCUT2D eigenvalue weighted by Gasteiger charge is -2.31. The minimum Gasteiger partial charge on any atom is -0.458 e. The SMILES string of the molecule is CC[C@@H](C)[C@@H](NC(=O)[C@@H](CCCN)NC(=O)[C@H](CO)NC(=O)[C@@H](NC(=O)[C@H](N)Cc1ccc(-c2ccccc2)cc1)[C@@H](C)CC)C(=O)N[C@H](C(=O)N[C@@H](CO)C(=O)N[C@H]1C(=O)N[C@@H](C)C(=O)N[C@@H](CCCCN)C(=O)N[C@@H]([C@@H](C)CC)C(=O)O[C@H]1C)[C@@H](C)CC. The number of cyclic esters (lactones) is 1. The van der Waals surface area contributed by atoms with Gasteiger partial charge in [0, 0.05) is 0 Å². The number of rotatable bonds is 34. The number of nitrogens with two attached hydrogens (primary N) is 3. The average Bonchev–Trinajstić information content (AvgIpc) is 1.70. The Bertz CT molecular complexity index is 2690. The summed E-state index contributed by atoms with van der Waals surface area (Å²) in [6.07, 6.45) is 1.44. The lowest BCUT2D eigenvalue weighted by atomic mass is 9.94. The number of amides is 10. The molecule has 0 saturated carbocycles. The predicted molar refractivity (Wildman–Crippen MR) is 337 cm³/mol. The Morgan fingerprint density at radius 3 is 1.53 bits per heavy atom. The summed E-state index contributed by atoms with van der Waals surface area (Å²) in [5.41, 5.74) is 20.6. The molecule has 27 nitrogen and oxygen atoms in total. The van der Waals surface area contributed by atoms with Gasteiger partial charge < -0.3 is 85.3 Å². The molecule has 3 rings (SSSR count). The minimum atomic E-state index is -1.79. The number of carbonyl (C=O) groups excluding carboxylic acids is 11. The number of carbonyl (C=O) groups is 11. The van der Waals surface area contributed by atoms with Gasteiger partial charge in [-0.2, -0.15) is 0 Å². The van der Waals surface area contributed by atoms with Crippen LogP contribution in [0.4, 0.5) is 0 Å². The summed E-state index contributed by atoms with van der Waals surface area (Å²) in [5, 5.41) is 46.8. The van der Waals surface area contributed by atoms with Crippen molar-refractivity contribution in [3.8, 4) is 11.1 Å². The highest BCUT2D eigenvalue weighted by Crippen LogP contribution is 2.21. The van der Waals surface area contributed by atoms with Crippen molar-refractivity contribution >= 4 is 65.0 Å². The number of hydrogen-bond acceptors (Lipinski definition) is 17. The number of hydrogen-bond donors (Lipinski definition) is 15. The van der Waals surface area contributed by atoms with Crippen molar-refractivity contribution in [2.45, 2.75) is 206 Å². The van der Waals surface area contributed by atoms with Crippen LogP contribution in [0.25, 0.3) is 11.1 Å². The van der Waals surface area contributed by atoms with Crippen molar-refractivity contribution in [2.75, 3.05) is 26.3 Å². The first-order valence-electron chi connectivity index (χ1n) is 31.5. The standard InChI is InChI=1S/C63H101N13O14/c1-11-34(5)48(72-54(80)43(66)31-40-25-27-42(28-26-40)41-21-16-15-17-22-41)59(85)70-46(32-77)57(83)69-45(24-20-30-65)55(81)73-50(36(7)13-3)61(87)74-49(35(6)12-2)60(86)71-47(33-78)58(84)76-52-39(10)90-63(89)51(37(8)14-4)75-56(82)44(23-18-19-29-64)68-53(79)38(9)67-62(52)88/h15-17,21-22,25-28,34-39,43-52,77-78H,11-14,18-20,23-24,29-33,64-66H2,1-10H3,(H,67,88)(H,68,79)(H,69,83)(H,70,85)(H,71,86)(H,72,80)(H,73,81)(H,74,87)(H,75,82)(H,76,84)/t34-,35-,36+,37-,38-,39-,43+,44-,45+,46-,47-,48-,49-,50+,51-,52+/m0/s1. The fourth-order valence-corrected chi connectivity index (χ4v) is 9.77. The van der Waals surface area contributed by atoms with Crippen LogP contribution in [0.15, 0.2) is 54.6 Å². The van der Waals surface area contributed by atoms with E-state index in [0.29, 0.717) is 38.6 Å². The van der Waals surface area contributed by atoms with E-state index in [1.807, 2.05) is 54.6 Å². The van der Waals surface area contributed by atoms with E-state index in [-0.39, 0.29) is 38.6 Å². The highest BCUT2D eigenvalue weighted by molar-refractivity contribution is 5.99. The molecular weight excluding hydrogens is 1160 g/mol. The van der Waals surface area contributed by atoms with E-state index in [4.69, 9.17) is 21.9 Å². The summed E-state index contributed by atoms with van der Waals surface area (Å²) in [6.45, 7) is 14.9. The molecule has 0 spiro atoms. The smallest absolute Gasteiger partial charge is 0.329 e. The fraction of sp³-hybridized carbons (Fsp3) is 0.635. The molecule has 1 heterocycles. The average molecular weight is 1260 g/mol. The molecule has 0 unspecified atom stereocenters. The zero-order valence-corrected chi connectivity index (χ0v) is 53.9. The molecule has 1 saturated heterocycles. The molecule has 1 aliphatic heterocycles. The zero-order chi connectivity index (χ0) is 67.4. The quantitative estimate of drug-likeness (QED) is 0.0297. The molecule has 0 radical (unpaired) electrons. The number of unbranched alkanes of at least 4 members (excludes halogenated alkanes) is 1. The molecule has 90 heavy (non-hydrogen) atoms. The second-order valence-electron chi connectivity index (χ2n) is 23.5. The van der Waals surface area contributed by atoms with Crippen LogP contribution in [-0.4, -0.2) is 174 Å². The van der Waals surface area contributed by atoms with E-state index in [1.54, 1.807) is 55.4 Å². The Labute approximate surface area is 528 Å². The van der Waals surface area contributed by atoms with Gasteiger partial charge in [0.25, 0.3) is 0 Å². The van der Waals surface area contributed by atoms with Crippen LogP contribution in [0.1, 0.15) is 133 Å². The molecule has 1 aliphatic rings. The molecule has 502 valence electrons. The normalized spacial score (nSPS) is 20.9. The van der Waals surface area contributed by atoms with Gasteiger partial charge in [-0.05, 0) is 106 Å². The van der Waals surface area contributed by atoms with Gasteiger partial charge in [-0.15, -0.1) is 0 Å². The van der Waals surface area contributed by atoms with E-state index in [0.717, 1.165) is 16.7 Å². The molecular formula is C63H101N13O14. The molecule has 2 aromatic rings. The van der Waals surface area contributed by atoms with Crippen molar-refractivity contribution in [1.82, 2.24) is 53.2 Å². The van der Waals surface area contributed by atoms with Crippen LogP contribution < -0.4 is 70.4 Å². The Hall–Kier alpha value is -7.59. The van der Waals surface area contributed by atoms with Gasteiger partial charge in [-0.3, -0.25) is 47.9 Å². The summed E-state index contributed by atoms with van der Waals surface area (Å²) in [5.74, 6) is -11.7. The summed E-state index contributed by atoms with van der Waals surface area (Å²) >= 11 is 0. The Kier molecular flexibility index (Phi) is 33.1. The third-order valence-corrected chi connectivity index (χ3v) is 16.6. The number of ether oxygens (including phenoxy) is 1. The Morgan fingerprint density at radius 2 is 1.02 bits per heavy atom. The van der Waals surface area contributed by atoms with Crippen molar-refractivity contribution < 1.29 is 67.7 Å². The van der Waals surface area contributed by atoms with Crippen molar-refractivity contribution in [2.24, 2.45) is 40.9 Å². The largest absolute Gasteiger partial charge is 0.458 e. The van der Waals surface area contributed by atoms with Gasteiger partial charge in [0.15, 0.2) is 0 Å². The van der Waals surface area contributed by atoms with Crippen molar-refractivity contribution in [3.63, 3.8) is 0 Å². The summed E-state index contributed by atoms with van der Waals surface area (Å²) in [6, 6.07) is 2.17. The Morgan fingerprint density at radius 1 is 0.544 bits per heavy atom. The van der Waals surface area contributed by atoms with Crippen LogP contribution >= 0.6 is 0 Å². The fourth-order valence-electron chi connectivity index (χ4n) is 9.77. The molecule has 0 aromatic heterocycles. The van der Waals surface area contributed by atoms with E-state index in [9.17, 15) is 63.0 Å².